The molecule has 1 aromatic heterocycles. The monoisotopic (exact) mass is 479 g/mol. The number of hydrogen-bond acceptors (Lipinski definition) is 1. The van der Waals surface area contributed by atoms with Gasteiger partial charge in [0.05, 0.1) is 16.7 Å². The van der Waals surface area contributed by atoms with Gasteiger partial charge in [0.1, 0.15) is 5.82 Å². The second-order valence-electron chi connectivity index (χ2n) is 9.11. The van der Waals surface area contributed by atoms with Crippen molar-refractivity contribution in [3.8, 4) is 27.9 Å². The fourth-order valence-corrected chi connectivity index (χ4v) is 5.54. The Balaban J connectivity index is 1.66. The Hall–Kier alpha value is -4.69. The number of benzene rings is 6. The Morgan fingerprint density at radius 1 is 0.622 bits per heavy atom. The highest BCUT2D eigenvalue weighted by Crippen LogP contribution is 2.44. The second-order valence-corrected chi connectivity index (χ2v) is 9.11. The number of aryl methyl sites for hydroxylation is 1. The topological polar surface area (TPSA) is 17.8 Å². The fourth-order valence-electron chi connectivity index (χ4n) is 5.54. The molecule has 176 valence electrons. The van der Waals surface area contributed by atoms with E-state index in [0.717, 1.165) is 43.8 Å². The molecule has 7 rings (SSSR count). The lowest BCUT2D eigenvalue weighted by molar-refractivity contribution is 0.917. The van der Waals surface area contributed by atoms with E-state index < -0.39 is 13.2 Å². The second kappa shape index (κ2) is 8.76. The third kappa shape index (κ3) is 3.37. The van der Waals surface area contributed by atoms with Crippen molar-refractivity contribution in [2.45, 2.75) is 13.2 Å². The van der Waals surface area contributed by atoms with E-state index in [2.05, 4.69) is 41.4 Å². The molecule has 0 N–H and O–H groups in total. The molecule has 2 heteroatoms. The Morgan fingerprint density at radius 3 is 1.89 bits per heavy atom. The molecular formula is C35H26N2. The number of imidazole rings is 1. The van der Waals surface area contributed by atoms with Crippen molar-refractivity contribution in [1.82, 2.24) is 9.55 Å². The zero-order valence-corrected chi connectivity index (χ0v) is 20.0. The fraction of sp³-hybridized carbons (Fsp3) is 0.0571. The molecule has 0 bridgehead atoms. The van der Waals surface area contributed by atoms with E-state index in [1.807, 2.05) is 84.9 Å². The van der Waals surface area contributed by atoms with Gasteiger partial charge in [-0.25, -0.2) is 4.98 Å². The summed E-state index contributed by atoms with van der Waals surface area (Å²) in [7, 11) is 0. The Kier molecular flexibility index (Phi) is 4.00. The lowest BCUT2D eigenvalue weighted by atomic mass is 9.87. The maximum atomic E-state index is 8.78. The van der Waals surface area contributed by atoms with Crippen LogP contribution < -0.4 is 0 Å². The third-order valence-corrected chi connectivity index (χ3v) is 7.08. The molecule has 0 aliphatic carbocycles. The van der Waals surface area contributed by atoms with E-state index in [4.69, 9.17) is 6.85 Å². The van der Waals surface area contributed by atoms with Gasteiger partial charge in [0, 0.05) is 24.0 Å². The van der Waals surface area contributed by atoms with Gasteiger partial charge in [0.25, 0.3) is 0 Å². The summed E-state index contributed by atoms with van der Waals surface area (Å²) in [6.07, 6.45) is -2.70. The van der Waals surface area contributed by atoms with E-state index in [9.17, 15) is 0 Å². The minimum absolute atomic E-state index is 0.142. The number of fused-ring (bicyclic) bond motifs is 3. The molecule has 0 aliphatic rings. The molecule has 7 aromatic rings. The molecule has 0 unspecified atom stereocenters. The first kappa shape index (κ1) is 16.9. The van der Waals surface area contributed by atoms with E-state index in [1.54, 1.807) is 10.6 Å². The van der Waals surface area contributed by atoms with Gasteiger partial charge in [-0.15, -0.1) is 0 Å². The molecule has 0 aliphatic heterocycles. The molecular weight excluding hydrogens is 448 g/mol. The van der Waals surface area contributed by atoms with Crippen LogP contribution in [-0.4, -0.2) is 9.55 Å². The van der Waals surface area contributed by atoms with Gasteiger partial charge in [-0.1, -0.05) is 122 Å². The normalized spacial score (nSPS) is 14.2. The quantitative estimate of drug-likeness (QED) is 0.230. The highest BCUT2D eigenvalue weighted by atomic mass is 15.1. The smallest absolute Gasteiger partial charge is 0.114 e. The maximum Gasteiger partial charge on any atom is 0.114 e. The van der Waals surface area contributed by atoms with Crippen LogP contribution in [0.4, 0.5) is 0 Å². The molecule has 0 saturated heterocycles. The number of para-hydroxylation sites is 2. The van der Waals surface area contributed by atoms with E-state index in [-0.39, 0.29) is 5.82 Å². The van der Waals surface area contributed by atoms with Crippen LogP contribution in [0.3, 0.4) is 0 Å². The van der Waals surface area contributed by atoms with Crippen LogP contribution >= 0.6 is 0 Å². The van der Waals surface area contributed by atoms with Crippen molar-refractivity contribution < 1.29 is 6.85 Å². The first-order valence-corrected chi connectivity index (χ1v) is 12.3. The summed E-state index contributed by atoms with van der Waals surface area (Å²) in [6.45, 7) is -2.92. The predicted octanol–water partition coefficient (Wildman–Crippen LogP) is 9.23. The number of aromatic nitrogens is 2. The summed E-state index contributed by atoms with van der Waals surface area (Å²) in [4.78, 5) is 4.60. The van der Waals surface area contributed by atoms with Gasteiger partial charge in [0.2, 0.25) is 0 Å². The van der Waals surface area contributed by atoms with Crippen molar-refractivity contribution in [2.75, 3.05) is 0 Å². The molecule has 6 aromatic carbocycles. The largest absolute Gasteiger partial charge is 0.295 e. The zero-order valence-electron chi connectivity index (χ0n) is 25.0. The highest BCUT2D eigenvalue weighted by Gasteiger charge is 2.21. The van der Waals surface area contributed by atoms with Crippen LogP contribution in [0.1, 0.15) is 19.5 Å². The zero-order chi connectivity index (χ0) is 29.1. The van der Waals surface area contributed by atoms with Gasteiger partial charge in [0.15, 0.2) is 0 Å². The molecule has 1 heterocycles. The Labute approximate surface area is 223 Å². The van der Waals surface area contributed by atoms with Gasteiger partial charge < -0.3 is 0 Å². The lowest BCUT2D eigenvalue weighted by Crippen LogP contribution is -2.03. The van der Waals surface area contributed by atoms with Crippen molar-refractivity contribution in [3.63, 3.8) is 0 Å². The molecule has 0 fully saturated rings. The SMILES string of the molecule is [2H]C([2H])([2H])C([2H])([2H])c1nc2ccccc2n1-c1c2ccccc2c(-c2ccccc2-c2ccccc2)c2ccccc12. The molecule has 2 nitrogen and oxygen atoms in total. The Morgan fingerprint density at radius 2 is 1.19 bits per heavy atom. The number of nitrogens with zero attached hydrogens (tertiary/aromatic N) is 2. The summed E-state index contributed by atoms with van der Waals surface area (Å²) >= 11 is 0. The number of rotatable bonds is 4. The van der Waals surface area contributed by atoms with E-state index in [1.165, 1.54) is 0 Å². The molecule has 0 saturated carbocycles. The standard InChI is InChI=1S/C35H26N2/c1-2-33-36-31-22-12-13-23-32(31)37(33)35-29-20-10-8-18-27(29)34(28-19-9-11-21-30(28)35)26-17-7-6-16-25(26)24-14-4-3-5-15-24/h3-23H,2H2,1H3/i1D3,2D2. The van der Waals surface area contributed by atoms with Crippen molar-refractivity contribution in [3.05, 3.63) is 133 Å². The van der Waals surface area contributed by atoms with Gasteiger partial charge in [-0.2, -0.15) is 0 Å². The van der Waals surface area contributed by atoms with Gasteiger partial charge >= 0.3 is 0 Å². The summed E-state index contributed by atoms with van der Waals surface area (Å²) < 4.78 is 43.5. The van der Waals surface area contributed by atoms with Gasteiger partial charge in [-0.05, 0) is 45.2 Å². The average molecular weight is 480 g/mol. The van der Waals surface area contributed by atoms with Crippen molar-refractivity contribution in [1.29, 1.82) is 0 Å². The molecule has 0 amide bonds. The minimum atomic E-state index is -2.92. The van der Waals surface area contributed by atoms with Gasteiger partial charge in [-0.3, -0.25) is 4.57 Å². The van der Waals surface area contributed by atoms with Crippen LogP contribution in [0.5, 0.6) is 0 Å². The summed E-state index contributed by atoms with van der Waals surface area (Å²) in [6, 6.07) is 42.2. The average Bonchev–Trinajstić information content (AvgIpc) is 3.40. The summed E-state index contributed by atoms with van der Waals surface area (Å²) in [5.41, 5.74) is 6.25. The minimum Gasteiger partial charge on any atom is -0.295 e. The summed E-state index contributed by atoms with van der Waals surface area (Å²) in [5, 5.41) is 3.71. The van der Waals surface area contributed by atoms with Crippen LogP contribution in [0.25, 0.3) is 60.5 Å². The number of hydrogen-bond donors (Lipinski definition) is 0. The Bertz CT molecular complexity index is 2050. The van der Waals surface area contributed by atoms with Crippen LogP contribution in [-0.2, 0) is 6.37 Å². The van der Waals surface area contributed by atoms with Crippen LogP contribution in [0, 0.1) is 0 Å². The van der Waals surface area contributed by atoms with Crippen molar-refractivity contribution >= 4 is 32.6 Å². The molecule has 0 atom stereocenters. The van der Waals surface area contributed by atoms with E-state index >= 15 is 0 Å². The maximum absolute atomic E-state index is 8.78. The van der Waals surface area contributed by atoms with Crippen LogP contribution in [0.15, 0.2) is 127 Å². The molecule has 37 heavy (non-hydrogen) atoms. The predicted molar refractivity (Wildman–Crippen MR) is 156 cm³/mol. The first-order valence-electron chi connectivity index (χ1n) is 14.8. The van der Waals surface area contributed by atoms with Crippen LogP contribution in [0.2, 0.25) is 0 Å². The lowest BCUT2D eigenvalue weighted by Gasteiger charge is -2.21. The first-order chi connectivity index (χ1) is 20.3. The molecule has 0 radical (unpaired) electrons. The van der Waals surface area contributed by atoms with Crippen molar-refractivity contribution in [2.24, 2.45) is 0 Å². The van der Waals surface area contributed by atoms with E-state index in [0.29, 0.717) is 16.7 Å². The molecule has 0 spiro atoms. The summed E-state index contributed by atoms with van der Waals surface area (Å²) in [5.74, 6) is -0.142. The third-order valence-electron chi connectivity index (χ3n) is 7.08. The highest BCUT2D eigenvalue weighted by molar-refractivity contribution is 6.19.